The van der Waals surface area contributed by atoms with Gasteiger partial charge in [-0.05, 0) is 111 Å². The van der Waals surface area contributed by atoms with Gasteiger partial charge in [0.25, 0.3) is 0 Å². The van der Waals surface area contributed by atoms with Crippen LogP contribution in [0.2, 0.25) is 18.1 Å². The molecule has 1 aromatic rings. The Labute approximate surface area is 221 Å². The van der Waals surface area contributed by atoms with Gasteiger partial charge in [-0.15, -0.1) is 0 Å². The third-order valence-corrected chi connectivity index (χ3v) is 16.4. The number of pyridine rings is 1. The fourth-order valence-electron chi connectivity index (χ4n) is 9.00. The normalized spacial score (nSPS) is 40.6. The quantitative estimate of drug-likeness (QED) is 0.304. The lowest BCUT2D eigenvalue weighted by Crippen LogP contribution is -2.52. The molecule has 0 amide bonds. The maximum atomic E-state index is 13.1. The summed E-state index contributed by atoms with van der Waals surface area (Å²) in [5.41, 5.74) is 3.21. The van der Waals surface area contributed by atoms with Crippen molar-refractivity contribution >= 4 is 14.1 Å². The van der Waals surface area contributed by atoms with E-state index in [0.717, 1.165) is 24.5 Å². The van der Waals surface area contributed by atoms with Crippen molar-refractivity contribution in [3.63, 3.8) is 0 Å². The van der Waals surface area contributed by atoms with Crippen LogP contribution in [0.5, 0.6) is 0 Å². The highest BCUT2D eigenvalue weighted by Crippen LogP contribution is 2.68. The number of carbonyl (C=O) groups is 1. The molecular weight excluding hydrogens is 458 g/mol. The molecule has 5 rings (SSSR count). The summed E-state index contributed by atoms with van der Waals surface area (Å²) in [6, 6.07) is 6.24. The molecule has 0 spiro atoms. The zero-order valence-electron chi connectivity index (χ0n) is 24.1. The maximum absolute atomic E-state index is 13.1. The highest BCUT2D eigenvalue weighted by Gasteiger charge is 2.62. The molecule has 0 aromatic carbocycles. The Morgan fingerprint density at radius 3 is 2.50 bits per heavy atom. The molecule has 0 N–H and O–H groups in total. The van der Waals surface area contributed by atoms with Crippen molar-refractivity contribution in [2.75, 3.05) is 0 Å². The number of ketones is 1. The Morgan fingerprint density at radius 1 is 1.11 bits per heavy atom. The van der Waals surface area contributed by atoms with E-state index in [2.05, 4.69) is 65.9 Å². The number of hydrogen-bond donors (Lipinski definition) is 0. The van der Waals surface area contributed by atoms with E-state index in [1.807, 2.05) is 19.2 Å². The Hall–Kier alpha value is -1.26. The number of Topliss-reactive ketones (excluding diaryl/α,β-unsaturated/α-hetero) is 1. The smallest absolute Gasteiger partial charge is 0.192 e. The van der Waals surface area contributed by atoms with Crippen LogP contribution in [0.15, 0.2) is 36.0 Å². The van der Waals surface area contributed by atoms with E-state index in [0.29, 0.717) is 29.1 Å². The maximum Gasteiger partial charge on any atom is 0.192 e. The van der Waals surface area contributed by atoms with Gasteiger partial charge in [-0.1, -0.05) is 52.3 Å². The predicted octanol–water partition coefficient (Wildman–Crippen LogP) is 8.33. The lowest BCUT2D eigenvalue weighted by Gasteiger charge is -2.58. The SMILES string of the molecule is CC(=O)[C@H]1[C@H](c2ccccn2)C[C@H]2[C@@H]3CC=C4C[C@@H](O[Si](C)(C)C(C)(C)C)CC[C@]4(C)[C@H]3CC[C@@]21C. The summed E-state index contributed by atoms with van der Waals surface area (Å²) in [5, 5.41) is 0.257. The van der Waals surface area contributed by atoms with Gasteiger partial charge in [0, 0.05) is 29.8 Å². The molecule has 3 saturated carbocycles. The summed E-state index contributed by atoms with van der Waals surface area (Å²) in [5.74, 6) is 2.77. The molecule has 198 valence electrons. The molecule has 4 aliphatic rings. The van der Waals surface area contributed by atoms with Crippen molar-refractivity contribution in [3.05, 3.63) is 41.7 Å². The molecule has 0 saturated heterocycles. The zero-order valence-corrected chi connectivity index (χ0v) is 25.1. The van der Waals surface area contributed by atoms with Crippen LogP contribution in [0.4, 0.5) is 0 Å². The minimum atomic E-state index is -1.76. The van der Waals surface area contributed by atoms with E-state index in [9.17, 15) is 4.79 Å². The van der Waals surface area contributed by atoms with Crippen molar-refractivity contribution in [1.29, 1.82) is 0 Å². The van der Waals surface area contributed by atoms with Crippen LogP contribution < -0.4 is 0 Å². The minimum Gasteiger partial charge on any atom is -0.414 e. The summed E-state index contributed by atoms with van der Waals surface area (Å²) in [6.07, 6.45) is 13.2. The summed E-state index contributed by atoms with van der Waals surface area (Å²) < 4.78 is 6.92. The first-order valence-corrected chi connectivity index (χ1v) is 17.5. The minimum absolute atomic E-state index is 0.0968. The van der Waals surface area contributed by atoms with Crippen LogP contribution in [0.25, 0.3) is 0 Å². The van der Waals surface area contributed by atoms with Gasteiger partial charge < -0.3 is 4.43 Å². The number of carbonyl (C=O) groups excluding carboxylic acids is 1. The van der Waals surface area contributed by atoms with Crippen molar-refractivity contribution in [2.24, 2.45) is 34.5 Å². The number of rotatable bonds is 4. The molecule has 3 fully saturated rings. The largest absolute Gasteiger partial charge is 0.414 e. The molecule has 1 heterocycles. The van der Waals surface area contributed by atoms with E-state index in [4.69, 9.17) is 9.41 Å². The fourth-order valence-corrected chi connectivity index (χ4v) is 10.4. The van der Waals surface area contributed by atoms with Gasteiger partial charge in [0.1, 0.15) is 5.78 Å². The molecule has 0 aliphatic heterocycles. The van der Waals surface area contributed by atoms with Crippen LogP contribution in [0.1, 0.15) is 98.1 Å². The van der Waals surface area contributed by atoms with Gasteiger partial charge in [0.05, 0.1) is 0 Å². The molecule has 8 atom stereocenters. The number of nitrogens with zero attached hydrogens (tertiary/aromatic N) is 1. The van der Waals surface area contributed by atoms with E-state index >= 15 is 0 Å². The second kappa shape index (κ2) is 8.90. The molecule has 0 unspecified atom stereocenters. The van der Waals surface area contributed by atoms with Crippen molar-refractivity contribution < 1.29 is 9.22 Å². The number of aromatic nitrogens is 1. The molecule has 0 bridgehead atoms. The summed E-state index contributed by atoms with van der Waals surface area (Å²) in [6.45, 7) is 18.7. The summed E-state index contributed by atoms with van der Waals surface area (Å²) in [4.78, 5) is 17.9. The topological polar surface area (TPSA) is 39.2 Å². The number of fused-ring (bicyclic) bond motifs is 5. The highest BCUT2D eigenvalue weighted by molar-refractivity contribution is 6.74. The van der Waals surface area contributed by atoms with Gasteiger partial charge in [0.2, 0.25) is 0 Å². The second-order valence-corrected chi connectivity index (χ2v) is 19.5. The third kappa shape index (κ3) is 4.09. The lowest BCUT2D eigenvalue weighted by atomic mass is 9.47. The van der Waals surface area contributed by atoms with Crippen LogP contribution in [0.3, 0.4) is 0 Å². The van der Waals surface area contributed by atoms with Crippen molar-refractivity contribution in [1.82, 2.24) is 4.98 Å². The zero-order chi connectivity index (χ0) is 26.1. The van der Waals surface area contributed by atoms with Crippen LogP contribution in [0, 0.1) is 34.5 Å². The molecule has 3 nitrogen and oxygen atoms in total. The number of allylic oxidation sites excluding steroid dienone is 1. The van der Waals surface area contributed by atoms with Crippen molar-refractivity contribution in [3.8, 4) is 0 Å². The van der Waals surface area contributed by atoms with E-state index in [-0.39, 0.29) is 22.3 Å². The van der Waals surface area contributed by atoms with Crippen LogP contribution >= 0.6 is 0 Å². The van der Waals surface area contributed by atoms with E-state index in [1.54, 1.807) is 5.57 Å². The molecule has 0 radical (unpaired) electrons. The Balaban J connectivity index is 1.41. The Bertz CT molecular complexity index is 1030. The fraction of sp³-hybridized carbons (Fsp3) is 0.750. The van der Waals surface area contributed by atoms with Gasteiger partial charge in [-0.25, -0.2) is 0 Å². The number of hydrogen-bond acceptors (Lipinski definition) is 3. The molecule has 1 aromatic heterocycles. The van der Waals surface area contributed by atoms with Crippen LogP contribution in [-0.2, 0) is 9.22 Å². The summed E-state index contributed by atoms with van der Waals surface area (Å²) in [7, 11) is -1.76. The van der Waals surface area contributed by atoms with Crippen LogP contribution in [-0.4, -0.2) is 25.2 Å². The Kier molecular flexibility index (Phi) is 6.51. The van der Waals surface area contributed by atoms with E-state index in [1.165, 1.54) is 32.1 Å². The van der Waals surface area contributed by atoms with Gasteiger partial charge in [0.15, 0.2) is 8.32 Å². The molecular formula is C32H49NO2Si. The molecule has 4 aliphatic carbocycles. The first-order chi connectivity index (χ1) is 16.8. The summed E-state index contributed by atoms with van der Waals surface area (Å²) >= 11 is 0. The third-order valence-electron chi connectivity index (χ3n) is 11.9. The molecule has 4 heteroatoms. The first-order valence-electron chi connectivity index (χ1n) is 14.6. The highest BCUT2D eigenvalue weighted by atomic mass is 28.4. The van der Waals surface area contributed by atoms with Gasteiger partial charge in [-0.3, -0.25) is 9.78 Å². The van der Waals surface area contributed by atoms with Gasteiger partial charge >= 0.3 is 0 Å². The average Bonchev–Trinajstić information content (AvgIpc) is 3.12. The average molecular weight is 508 g/mol. The molecule has 36 heavy (non-hydrogen) atoms. The lowest BCUT2D eigenvalue weighted by molar-refractivity contribution is -0.128. The first kappa shape index (κ1) is 26.3. The Morgan fingerprint density at radius 2 is 1.86 bits per heavy atom. The predicted molar refractivity (Wildman–Crippen MR) is 150 cm³/mol. The second-order valence-electron chi connectivity index (χ2n) is 14.7. The standard InChI is InChI=1S/C32H49NO2Si/c1-21(34)29-25(28-11-9-10-18-33-28)20-27-24-13-12-22-19-23(35-36(7,8)30(2,3)4)14-16-31(22,5)26(24)15-17-32(27,29)6/h9-12,18,23-27,29H,13-17,19-20H2,1-8H3/t23-,24+,25-,26-,27-,29-,31-,32-/m0/s1. The monoisotopic (exact) mass is 507 g/mol. The van der Waals surface area contributed by atoms with Gasteiger partial charge in [-0.2, -0.15) is 0 Å². The van der Waals surface area contributed by atoms with Crippen molar-refractivity contribution in [2.45, 2.75) is 117 Å². The van der Waals surface area contributed by atoms with E-state index < -0.39 is 8.32 Å².